The SMILES string of the molecule is C[C@@H](N1C(=O)c2ccc(Cl)cc2C1=O)C(O)(Cn1cncn1)c1ccc(F)cc1F. The fraction of sp³-hybridized carbons (Fsp3) is 0.200. The Morgan fingerprint density at radius 2 is 1.87 bits per heavy atom. The second-order valence-corrected chi connectivity index (χ2v) is 7.42. The molecular weight excluding hydrogens is 418 g/mol. The van der Waals surface area contributed by atoms with Crippen molar-refractivity contribution in [3.63, 3.8) is 0 Å². The smallest absolute Gasteiger partial charge is 0.261 e. The van der Waals surface area contributed by atoms with Gasteiger partial charge in [0.15, 0.2) is 0 Å². The number of carbonyl (C=O) groups is 2. The number of aliphatic hydroxyl groups is 1. The van der Waals surface area contributed by atoms with E-state index >= 15 is 0 Å². The lowest BCUT2D eigenvalue weighted by atomic mass is 9.85. The van der Waals surface area contributed by atoms with E-state index in [4.69, 9.17) is 11.6 Å². The topological polar surface area (TPSA) is 88.3 Å². The Balaban J connectivity index is 1.81. The fourth-order valence-electron chi connectivity index (χ4n) is 3.64. The predicted octanol–water partition coefficient (Wildman–Crippen LogP) is 2.78. The van der Waals surface area contributed by atoms with Gasteiger partial charge in [-0.05, 0) is 31.2 Å². The molecule has 0 aliphatic carbocycles. The number of amides is 2. The molecule has 2 heterocycles. The molecule has 10 heteroatoms. The summed E-state index contributed by atoms with van der Waals surface area (Å²) < 4.78 is 29.4. The number of benzene rings is 2. The van der Waals surface area contributed by atoms with Crippen molar-refractivity contribution in [2.75, 3.05) is 0 Å². The van der Waals surface area contributed by atoms with E-state index < -0.39 is 35.1 Å². The van der Waals surface area contributed by atoms with Crippen molar-refractivity contribution in [2.45, 2.75) is 25.1 Å². The van der Waals surface area contributed by atoms with Crippen molar-refractivity contribution in [1.29, 1.82) is 0 Å². The number of rotatable bonds is 5. The van der Waals surface area contributed by atoms with Crippen molar-refractivity contribution in [2.24, 2.45) is 0 Å². The van der Waals surface area contributed by atoms with Crippen LogP contribution in [0.1, 0.15) is 33.2 Å². The van der Waals surface area contributed by atoms with Crippen molar-refractivity contribution in [1.82, 2.24) is 19.7 Å². The Kier molecular flexibility index (Phi) is 4.87. The lowest BCUT2D eigenvalue weighted by molar-refractivity contribution is -0.0480. The largest absolute Gasteiger partial charge is 0.381 e. The number of hydrogen-bond acceptors (Lipinski definition) is 5. The van der Waals surface area contributed by atoms with Gasteiger partial charge < -0.3 is 5.11 Å². The molecule has 1 aromatic heterocycles. The first kappa shape index (κ1) is 20.1. The average Bonchev–Trinajstić information content (AvgIpc) is 3.27. The Hall–Kier alpha value is -3.17. The van der Waals surface area contributed by atoms with Crippen LogP contribution in [0.5, 0.6) is 0 Å². The van der Waals surface area contributed by atoms with Crippen LogP contribution in [0.2, 0.25) is 5.02 Å². The highest BCUT2D eigenvalue weighted by Crippen LogP contribution is 2.37. The van der Waals surface area contributed by atoms with Gasteiger partial charge in [0.25, 0.3) is 11.8 Å². The van der Waals surface area contributed by atoms with Gasteiger partial charge in [0, 0.05) is 16.7 Å². The van der Waals surface area contributed by atoms with Gasteiger partial charge in [-0.25, -0.2) is 18.4 Å². The summed E-state index contributed by atoms with van der Waals surface area (Å²) in [5.74, 6) is -3.19. The van der Waals surface area contributed by atoms with E-state index in [-0.39, 0.29) is 28.3 Å². The zero-order valence-electron chi connectivity index (χ0n) is 15.6. The molecule has 4 rings (SSSR count). The summed E-state index contributed by atoms with van der Waals surface area (Å²) in [4.78, 5) is 30.5. The minimum atomic E-state index is -2.14. The van der Waals surface area contributed by atoms with Gasteiger partial charge in [0.1, 0.15) is 29.9 Å². The third-order valence-electron chi connectivity index (χ3n) is 5.23. The van der Waals surface area contributed by atoms with Crippen molar-refractivity contribution >= 4 is 23.4 Å². The molecule has 0 bridgehead atoms. The van der Waals surface area contributed by atoms with Crippen LogP contribution in [-0.4, -0.2) is 42.6 Å². The van der Waals surface area contributed by atoms with E-state index in [1.807, 2.05) is 0 Å². The van der Waals surface area contributed by atoms with Crippen LogP contribution < -0.4 is 0 Å². The van der Waals surface area contributed by atoms with Crippen LogP contribution in [0, 0.1) is 11.6 Å². The molecule has 0 spiro atoms. The first-order valence-electron chi connectivity index (χ1n) is 8.90. The molecule has 7 nitrogen and oxygen atoms in total. The quantitative estimate of drug-likeness (QED) is 0.626. The molecule has 1 N–H and O–H groups in total. The molecule has 2 atom stereocenters. The lowest BCUT2D eigenvalue weighted by Crippen LogP contribution is -2.54. The van der Waals surface area contributed by atoms with E-state index in [2.05, 4.69) is 10.1 Å². The Labute approximate surface area is 174 Å². The van der Waals surface area contributed by atoms with Crippen LogP contribution in [-0.2, 0) is 12.1 Å². The van der Waals surface area contributed by atoms with Gasteiger partial charge in [-0.1, -0.05) is 17.7 Å². The summed E-state index contributed by atoms with van der Waals surface area (Å²) >= 11 is 5.94. The lowest BCUT2D eigenvalue weighted by Gasteiger charge is -2.38. The fourth-order valence-corrected chi connectivity index (χ4v) is 3.81. The van der Waals surface area contributed by atoms with Gasteiger partial charge in [-0.3, -0.25) is 14.5 Å². The molecule has 30 heavy (non-hydrogen) atoms. The zero-order chi connectivity index (χ0) is 21.6. The first-order valence-corrected chi connectivity index (χ1v) is 9.28. The summed E-state index contributed by atoms with van der Waals surface area (Å²) in [6, 6.07) is 5.69. The van der Waals surface area contributed by atoms with E-state index in [0.717, 1.165) is 17.0 Å². The average molecular weight is 433 g/mol. The van der Waals surface area contributed by atoms with E-state index in [1.165, 1.54) is 42.5 Å². The standard InChI is InChI=1S/C20H15ClF2N4O3/c1-11(27-18(28)14-4-2-12(21)6-15(14)19(27)29)20(30,8-26-10-24-9-25-26)16-5-3-13(22)7-17(16)23/h2-7,9-11,30H,8H2,1H3/t11-,20?/m1/s1. The van der Waals surface area contributed by atoms with Crippen LogP contribution >= 0.6 is 11.6 Å². The second-order valence-electron chi connectivity index (χ2n) is 6.99. The van der Waals surface area contributed by atoms with Crippen LogP contribution in [0.15, 0.2) is 49.1 Å². The third-order valence-corrected chi connectivity index (χ3v) is 5.46. The summed E-state index contributed by atoms with van der Waals surface area (Å²) in [7, 11) is 0. The van der Waals surface area contributed by atoms with Crippen LogP contribution in [0.3, 0.4) is 0 Å². The van der Waals surface area contributed by atoms with Crippen LogP contribution in [0.25, 0.3) is 0 Å². The second kappa shape index (κ2) is 7.26. The molecule has 154 valence electrons. The van der Waals surface area contributed by atoms with Crippen molar-refractivity contribution < 1.29 is 23.5 Å². The molecule has 1 unspecified atom stereocenters. The van der Waals surface area contributed by atoms with E-state index in [1.54, 1.807) is 0 Å². The van der Waals surface area contributed by atoms with Gasteiger partial charge in [-0.2, -0.15) is 5.10 Å². The zero-order valence-corrected chi connectivity index (χ0v) is 16.3. The maximum atomic E-state index is 14.7. The first-order chi connectivity index (χ1) is 14.2. The molecule has 0 fully saturated rings. The van der Waals surface area contributed by atoms with Crippen molar-refractivity contribution in [3.8, 4) is 0 Å². The normalized spacial score (nSPS) is 16.5. The Bertz CT molecular complexity index is 1150. The monoisotopic (exact) mass is 432 g/mol. The van der Waals surface area contributed by atoms with Gasteiger partial charge in [-0.15, -0.1) is 0 Å². The Morgan fingerprint density at radius 1 is 1.13 bits per heavy atom. The highest BCUT2D eigenvalue weighted by Gasteiger charge is 2.49. The minimum Gasteiger partial charge on any atom is -0.381 e. The highest BCUT2D eigenvalue weighted by atomic mass is 35.5. The van der Waals surface area contributed by atoms with Crippen LogP contribution in [0.4, 0.5) is 8.78 Å². The van der Waals surface area contributed by atoms with E-state index in [9.17, 15) is 23.5 Å². The molecule has 2 amide bonds. The number of fused-ring (bicyclic) bond motifs is 1. The predicted molar refractivity (Wildman–Crippen MR) is 102 cm³/mol. The molecule has 1 aliphatic heterocycles. The third kappa shape index (κ3) is 3.16. The highest BCUT2D eigenvalue weighted by molar-refractivity contribution is 6.32. The summed E-state index contributed by atoms with van der Waals surface area (Å²) in [6.07, 6.45) is 2.51. The summed E-state index contributed by atoms with van der Waals surface area (Å²) in [5, 5.41) is 15.8. The molecule has 1 aliphatic rings. The molecular formula is C20H15ClF2N4O3. The number of carbonyl (C=O) groups excluding carboxylic acids is 2. The number of imide groups is 1. The maximum Gasteiger partial charge on any atom is 0.261 e. The number of halogens is 3. The molecule has 2 aromatic carbocycles. The van der Waals surface area contributed by atoms with Gasteiger partial charge in [0.05, 0.1) is 23.7 Å². The Morgan fingerprint density at radius 3 is 2.53 bits per heavy atom. The minimum absolute atomic E-state index is 0.0852. The molecule has 0 saturated heterocycles. The number of aromatic nitrogens is 3. The number of nitrogens with zero attached hydrogens (tertiary/aromatic N) is 4. The summed E-state index contributed by atoms with van der Waals surface area (Å²) in [6.45, 7) is 1.06. The summed E-state index contributed by atoms with van der Waals surface area (Å²) in [5.41, 5.74) is -2.22. The van der Waals surface area contributed by atoms with Gasteiger partial charge in [0.2, 0.25) is 0 Å². The maximum absolute atomic E-state index is 14.7. The van der Waals surface area contributed by atoms with Gasteiger partial charge >= 0.3 is 0 Å². The molecule has 0 saturated carbocycles. The number of hydrogen-bond donors (Lipinski definition) is 1. The molecule has 0 radical (unpaired) electrons. The van der Waals surface area contributed by atoms with E-state index in [0.29, 0.717) is 6.07 Å². The van der Waals surface area contributed by atoms with Crippen molar-refractivity contribution in [3.05, 3.63) is 82.4 Å². The molecule has 3 aromatic rings.